The molecule has 2 aromatic rings. The highest BCUT2D eigenvalue weighted by Gasteiger charge is 2.24. The first-order chi connectivity index (χ1) is 10.3. The van der Waals surface area contributed by atoms with Crippen LogP contribution in [0.3, 0.4) is 0 Å². The van der Waals surface area contributed by atoms with E-state index >= 15 is 0 Å². The van der Waals surface area contributed by atoms with E-state index in [0.717, 1.165) is 11.1 Å². The van der Waals surface area contributed by atoms with E-state index in [1.165, 1.54) is 0 Å². The largest absolute Gasteiger partial charge is 0.394 e. The van der Waals surface area contributed by atoms with E-state index in [9.17, 15) is 13.5 Å². The number of hydrogen-bond acceptors (Lipinski definition) is 3. The Bertz CT molecular complexity index is 732. The van der Waals surface area contributed by atoms with Crippen LogP contribution in [-0.4, -0.2) is 20.1 Å². The van der Waals surface area contributed by atoms with E-state index in [4.69, 9.17) is 0 Å². The molecule has 0 aliphatic heterocycles. The van der Waals surface area contributed by atoms with Crippen LogP contribution in [0.2, 0.25) is 0 Å². The molecule has 0 aliphatic rings. The molecule has 0 saturated heterocycles. The second-order valence-electron chi connectivity index (χ2n) is 5.49. The number of aliphatic hydroxyl groups is 1. The molecule has 22 heavy (non-hydrogen) atoms. The fourth-order valence-corrected chi connectivity index (χ4v) is 4.40. The number of benzene rings is 2. The van der Waals surface area contributed by atoms with Gasteiger partial charge in [-0.1, -0.05) is 48.0 Å². The maximum atomic E-state index is 12.7. The van der Waals surface area contributed by atoms with Gasteiger partial charge in [-0.2, -0.15) is 0 Å². The van der Waals surface area contributed by atoms with Crippen molar-refractivity contribution in [2.45, 2.75) is 31.7 Å². The second-order valence-corrected chi connectivity index (χ2v) is 7.15. The zero-order chi connectivity index (χ0) is 16.3. The molecule has 0 bridgehead atoms. The average molecular weight is 319 g/mol. The maximum Gasteiger partial charge on any atom is 0.241 e. The van der Waals surface area contributed by atoms with Crippen molar-refractivity contribution in [2.75, 3.05) is 6.61 Å². The third kappa shape index (κ3) is 3.55. The molecule has 0 radical (unpaired) electrons. The SMILES string of the molecule is Cc1cc(C)c(S(=O)(=O)NC(CO)c2ccccc2)c(C)c1. The highest BCUT2D eigenvalue weighted by atomic mass is 32.2. The molecule has 1 unspecified atom stereocenters. The highest BCUT2D eigenvalue weighted by Crippen LogP contribution is 2.24. The lowest BCUT2D eigenvalue weighted by Crippen LogP contribution is -2.31. The zero-order valence-corrected chi connectivity index (χ0v) is 13.8. The van der Waals surface area contributed by atoms with Crippen molar-refractivity contribution in [2.24, 2.45) is 0 Å². The maximum absolute atomic E-state index is 12.7. The van der Waals surface area contributed by atoms with E-state index in [0.29, 0.717) is 11.1 Å². The summed E-state index contributed by atoms with van der Waals surface area (Å²) < 4.78 is 28.0. The molecule has 0 heterocycles. The van der Waals surface area contributed by atoms with Crippen molar-refractivity contribution in [1.29, 1.82) is 0 Å². The monoisotopic (exact) mass is 319 g/mol. The Hall–Kier alpha value is -1.69. The van der Waals surface area contributed by atoms with Crippen LogP contribution in [0.1, 0.15) is 28.3 Å². The van der Waals surface area contributed by atoms with E-state index in [1.807, 2.05) is 37.3 Å². The molecule has 0 aliphatic carbocycles. The summed E-state index contributed by atoms with van der Waals surface area (Å²) in [4.78, 5) is 0.285. The second kappa shape index (κ2) is 6.60. The van der Waals surface area contributed by atoms with Crippen LogP contribution < -0.4 is 4.72 Å². The third-order valence-corrected chi connectivity index (χ3v) is 5.33. The van der Waals surface area contributed by atoms with Crippen LogP contribution in [0.25, 0.3) is 0 Å². The molecule has 1 atom stereocenters. The van der Waals surface area contributed by atoms with Gasteiger partial charge in [-0.05, 0) is 37.5 Å². The predicted octanol–water partition coefficient (Wildman–Crippen LogP) is 2.62. The normalized spacial score (nSPS) is 13.1. The summed E-state index contributed by atoms with van der Waals surface area (Å²) in [7, 11) is -3.71. The number of rotatable bonds is 5. The van der Waals surface area contributed by atoms with E-state index in [-0.39, 0.29) is 11.5 Å². The van der Waals surface area contributed by atoms with Crippen LogP contribution in [0.15, 0.2) is 47.4 Å². The molecule has 0 saturated carbocycles. The van der Waals surface area contributed by atoms with Crippen molar-refractivity contribution in [1.82, 2.24) is 4.72 Å². The molecular formula is C17H21NO3S. The fraction of sp³-hybridized carbons (Fsp3) is 0.294. The number of sulfonamides is 1. The van der Waals surface area contributed by atoms with Gasteiger partial charge >= 0.3 is 0 Å². The molecule has 2 aromatic carbocycles. The molecule has 5 heteroatoms. The summed E-state index contributed by atoms with van der Waals surface area (Å²) in [5.74, 6) is 0. The summed E-state index contributed by atoms with van der Waals surface area (Å²) in [6.45, 7) is 5.20. The highest BCUT2D eigenvalue weighted by molar-refractivity contribution is 7.89. The van der Waals surface area contributed by atoms with Crippen LogP contribution in [-0.2, 0) is 10.0 Å². The first-order valence-electron chi connectivity index (χ1n) is 7.11. The van der Waals surface area contributed by atoms with Gasteiger partial charge in [0.05, 0.1) is 17.5 Å². The average Bonchev–Trinajstić information content (AvgIpc) is 2.44. The van der Waals surface area contributed by atoms with Gasteiger partial charge in [0.25, 0.3) is 0 Å². The summed E-state index contributed by atoms with van der Waals surface area (Å²) in [5.41, 5.74) is 3.16. The van der Waals surface area contributed by atoms with E-state index in [1.54, 1.807) is 26.0 Å². The van der Waals surface area contributed by atoms with Crippen LogP contribution in [0.5, 0.6) is 0 Å². The first kappa shape index (κ1) is 16.7. The Kier molecular flexibility index (Phi) is 5.01. The Labute approximate surface area is 131 Å². The summed E-state index contributed by atoms with van der Waals surface area (Å²) in [6.07, 6.45) is 0. The lowest BCUT2D eigenvalue weighted by atomic mass is 10.1. The summed E-state index contributed by atoms with van der Waals surface area (Å²) in [6, 6.07) is 12.1. The minimum atomic E-state index is -3.71. The number of nitrogens with one attached hydrogen (secondary N) is 1. The van der Waals surface area contributed by atoms with Gasteiger partial charge in [0.2, 0.25) is 10.0 Å². The van der Waals surface area contributed by atoms with Gasteiger partial charge < -0.3 is 5.11 Å². The minimum Gasteiger partial charge on any atom is -0.394 e. The topological polar surface area (TPSA) is 66.4 Å². The molecule has 4 nitrogen and oxygen atoms in total. The molecule has 2 rings (SSSR count). The summed E-state index contributed by atoms with van der Waals surface area (Å²) in [5, 5.41) is 9.55. The minimum absolute atomic E-state index is 0.285. The van der Waals surface area contributed by atoms with Crippen LogP contribution in [0, 0.1) is 20.8 Å². The molecule has 0 spiro atoms. The molecule has 0 aromatic heterocycles. The Balaban J connectivity index is 2.39. The smallest absolute Gasteiger partial charge is 0.241 e. The molecule has 2 N–H and O–H groups in total. The number of aryl methyl sites for hydroxylation is 3. The molecule has 0 fully saturated rings. The van der Waals surface area contributed by atoms with Gasteiger partial charge in [-0.25, -0.2) is 13.1 Å². The first-order valence-corrected chi connectivity index (χ1v) is 8.59. The quantitative estimate of drug-likeness (QED) is 0.890. The Morgan fingerprint density at radius 3 is 2.09 bits per heavy atom. The van der Waals surface area contributed by atoms with Gasteiger partial charge in [0.15, 0.2) is 0 Å². The van der Waals surface area contributed by atoms with Crippen molar-refractivity contribution in [3.63, 3.8) is 0 Å². The van der Waals surface area contributed by atoms with Crippen molar-refractivity contribution < 1.29 is 13.5 Å². The zero-order valence-electron chi connectivity index (χ0n) is 13.0. The van der Waals surface area contributed by atoms with Crippen molar-refractivity contribution >= 4 is 10.0 Å². The third-order valence-electron chi connectivity index (χ3n) is 3.56. The van der Waals surface area contributed by atoms with E-state index < -0.39 is 16.1 Å². The molecular weight excluding hydrogens is 298 g/mol. The number of aliphatic hydroxyl groups excluding tert-OH is 1. The lowest BCUT2D eigenvalue weighted by molar-refractivity contribution is 0.259. The van der Waals surface area contributed by atoms with Gasteiger partial charge in [0.1, 0.15) is 0 Å². The Morgan fingerprint density at radius 1 is 1.05 bits per heavy atom. The molecule has 118 valence electrons. The standard InChI is InChI=1S/C17H21NO3S/c1-12-9-13(2)17(14(3)10-12)22(20,21)18-16(11-19)15-7-5-4-6-8-15/h4-10,16,18-19H,11H2,1-3H3. The van der Waals surface area contributed by atoms with Gasteiger partial charge in [-0.15, -0.1) is 0 Å². The lowest BCUT2D eigenvalue weighted by Gasteiger charge is -2.19. The van der Waals surface area contributed by atoms with Crippen LogP contribution >= 0.6 is 0 Å². The fourth-order valence-electron chi connectivity index (χ4n) is 2.73. The predicted molar refractivity (Wildman–Crippen MR) is 87.2 cm³/mol. The Morgan fingerprint density at radius 2 is 1.59 bits per heavy atom. The van der Waals surface area contributed by atoms with Gasteiger partial charge in [-0.3, -0.25) is 0 Å². The van der Waals surface area contributed by atoms with Gasteiger partial charge in [0, 0.05) is 0 Å². The van der Waals surface area contributed by atoms with Crippen LogP contribution in [0.4, 0.5) is 0 Å². The van der Waals surface area contributed by atoms with E-state index in [2.05, 4.69) is 4.72 Å². The number of hydrogen-bond donors (Lipinski definition) is 2. The van der Waals surface area contributed by atoms with Crippen molar-refractivity contribution in [3.05, 3.63) is 64.7 Å². The summed E-state index contributed by atoms with van der Waals surface area (Å²) >= 11 is 0. The van der Waals surface area contributed by atoms with Crippen molar-refractivity contribution in [3.8, 4) is 0 Å². The molecule has 0 amide bonds.